The molecule has 2 aromatic rings. The quantitative estimate of drug-likeness (QED) is 0.903. The van der Waals surface area contributed by atoms with Crippen molar-refractivity contribution in [2.45, 2.75) is 19.3 Å². The molecular formula is C17H18N2O2. The van der Waals surface area contributed by atoms with E-state index in [0.717, 1.165) is 16.7 Å². The number of hydrogen-bond donors (Lipinski definition) is 2. The number of fused-ring (bicyclic) bond motifs is 1. The predicted octanol–water partition coefficient (Wildman–Crippen LogP) is 2.15. The van der Waals surface area contributed by atoms with Gasteiger partial charge in [0.1, 0.15) is 0 Å². The van der Waals surface area contributed by atoms with Gasteiger partial charge in [0, 0.05) is 18.2 Å². The molecule has 0 fully saturated rings. The molecule has 0 aromatic heterocycles. The van der Waals surface area contributed by atoms with Crippen LogP contribution in [0.5, 0.6) is 0 Å². The van der Waals surface area contributed by atoms with Crippen LogP contribution in [0.25, 0.3) is 0 Å². The Morgan fingerprint density at radius 3 is 2.71 bits per heavy atom. The molecule has 1 aliphatic rings. The Balaban J connectivity index is 1.62. The van der Waals surface area contributed by atoms with Crippen molar-refractivity contribution in [3.63, 3.8) is 0 Å². The minimum Gasteiger partial charge on any atom is -0.372 e. The van der Waals surface area contributed by atoms with Crippen LogP contribution in [0.15, 0.2) is 48.5 Å². The Bertz CT molecular complexity index is 640. The molecular weight excluding hydrogens is 264 g/mol. The van der Waals surface area contributed by atoms with Gasteiger partial charge in [-0.25, -0.2) is 0 Å². The van der Waals surface area contributed by atoms with E-state index < -0.39 is 0 Å². The molecule has 0 bridgehead atoms. The molecule has 4 heteroatoms. The van der Waals surface area contributed by atoms with E-state index in [1.54, 1.807) is 0 Å². The van der Waals surface area contributed by atoms with Crippen molar-refractivity contribution in [3.8, 4) is 0 Å². The summed E-state index contributed by atoms with van der Waals surface area (Å²) in [5.41, 5.74) is 10.00. The van der Waals surface area contributed by atoms with Gasteiger partial charge < -0.3 is 15.8 Å². The fourth-order valence-corrected chi connectivity index (χ4v) is 2.44. The van der Waals surface area contributed by atoms with Crippen molar-refractivity contribution in [1.82, 2.24) is 5.32 Å². The monoisotopic (exact) mass is 282 g/mol. The zero-order valence-electron chi connectivity index (χ0n) is 11.7. The van der Waals surface area contributed by atoms with Gasteiger partial charge in [-0.1, -0.05) is 36.4 Å². The van der Waals surface area contributed by atoms with Crippen LogP contribution in [-0.4, -0.2) is 12.5 Å². The highest BCUT2D eigenvalue weighted by Crippen LogP contribution is 2.20. The van der Waals surface area contributed by atoms with E-state index in [1.165, 1.54) is 0 Å². The number of nitrogens with one attached hydrogen (secondary N) is 1. The maximum absolute atomic E-state index is 12.2. The Labute approximate surface area is 123 Å². The highest BCUT2D eigenvalue weighted by Gasteiger charge is 2.15. The molecule has 2 aromatic carbocycles. The lowest BCUT2D eigenvalue weighted by Crippen LogP contribution is -2.31. The minimum absolute atomic E-state index is 0.101. The number of amides is 1. The molecule has 4 nitrogen and oxygen atoms in total. The molecule has 3 N–H and O–H groups in total. The van der Waals surface area contributed by atoms with E-state index in [4.69, 9.17) is 10.5 Å². The van der Waals surface area contributed by atoms with Crippen LogP contribution in [0.3, 0.4) is 0 Å². The summed E-state index contributed by atoms with van der Waals surface area (Å²) in [6, 6.07) is 15.2. The van der Waals surface area contributed by atoms with Crippen molar-refractivity contribution in [2.75, 3.05) is 6.54 Å². The predicted molar refractivity (Wildman–Crippen MR) is 80.6 cm³/mol. The maximum atomic E-state index is 12.2. The number of ether oxygens (including phenoxy) is 1. The third-order valence-electron chi connectivity index (χ3n) is 3.69. The zero-order valence-corrected chi connectivity index (χ0v) is 11.7. The molecule has 0 saturated heterocycles. The average Bonchev–Trinajstić information content (AvgIpc) is 3.00. The summed E-state index contributed by atoms with van der Waals surface area (Å²) in [6.45, 7) is 1.63. The van der Waals surface area contributed by atoms with E-state index in [-0.39, 0.29) is 11.9 Å². The molecule has 1 aliphatic heterocycles. The summed E-state index contributed by atoms with van der Waals surface area (Å²) < 4.78 is 5.35. The molecule has 108 valence electrons. The first-order chi connectivity index (χ1) is 10.2. The van der Waals surface area contributed by atoms with E-state index in [0.29, 0.717) is 25.3 Å². The van der Waals surface area contributed by atoms with Crippen LogP contribution in [0, 0.1) is 0 Å². The Hall–Kier alpha value is -2.17. The fraction of sp³-hybridized carbons (Fsp3) is 0.235. The van der Waals surface area contributed by atoms with Crippen molar-refractivity contribution in [3.05, 3.63) is 70.8 Å². The molecule has 1 heterocycles. The summed E-state index contributed by atoms with van der Waals surface area (Å²) in [5.74, 6) is -0.101. The standard InChI is InChI=1S/C17H18N2O2/c18-16(12-4-2-1-3-5-12)9-19-17(20)13-6-7-14-10-21-11-15(14)8-13/h1-8,16H,9-11,18H2,(H,19,20). The third-order valence-corrected chi connectivity index (χ3v) is 3.69. The maximum Gasteiger partial charge on any atom is 0.251 e. The molecule has 3 rings (SSSR count). The van der Waals surface area contributed by atoms with Gasteiger partial charge >= 0.3 is 0 Å². The van der Waals surface area contributed by atoms with Crippen LogP contribution in [0.2, 0.25) is 0 Å². The summed E-state index contributed by atoms with van der Waals surface area (Å²) in [5, 5.41) is 2.88. The molecule has 0 saturated carbocycles. The zero-order chi connectivity index (χ0) is 14.7. The number of rotatable bonds is 4. The molecule has 0 aliphatic carbocycles. The van der Waals surface area contributed by atoms with E-state index in [1.807, 2.05) is 48.5 Å². The van der Waals surface area contributed by atoms with Crippen molar-refractivity contribution >= 4 is 5.91 Å². The van der Waals surface area contributed by atoms with Crippen LogP contribution in [-0.2, 0) is 18.0 Å². The first kappa shape index (κ1) is 13.8. The second kappa shape index (κ2) is 6.08. The van der Waals surface area contributed by atoms with Crippen molar-refractivity contribution in [2.24, 2.45) is 5.73 Å². The lowest BCUT2D eigenvalue weighted by Gasteiger charge is -2.13. The smallest absolute Gasteiger partial charge is 0.251 e. The Kier molecular flexibility index (Phi) is 3.99. The molecule has 0 radical (unpaired) electrons. The van der Waals surface area contributed by atoms with Crippen LogP contribution < -0.4 is 11.1 Å². The highest BCUT2D eigenvalue weighted by molar-refractivity contribution is 5.94. The first-order valence-corrected chi connectivity index (χ1v) is 7.02. The topological polar surface area (TPSA) is 64.3 Å². The van der Waals surface area contributed by atoms with Gasteiger partial charge in [-0.3, -0.25) is 4.79 Å². The summed E-state index contributed by atoms with van der Waals surface area (Å²) >= 11 is 0. The van der Waals surface area contributed by atoms with E-state index in [2.05, 4.69) is 5.32 Å². The molecule has 1 amide bonds. The lowest BCUT2D eigenvalue weighted by atomic mass is 10.1. The minimum atomic E-state index is -0.201. The first-order valence-electron chi connectivity index (χ1n) is 7.02. The second-order valence-electron chi connectivity index (χ2n) is 5.20. The van der Waals surface area contributed by atoms with Crippen molar-refractivity contribution < 1.29 is 9.53 Å². The molecule has 0 spiro atoms. The number of carbonyl (C=O) groups is 1. The number of carbonyl (C=O) groups excluding carboxylic acids is 1. The molecule has 1 unspecified atom stereocenters. The SMILES string of the molecule is NC(CNC(=O)c1ccc2c(c1)COC2)c1ccccc1. The van der Waals surface area contributed by atoms with Gasteiger partial charge in [0.25, 0.3) is 5.91 Å². The van der Waals surface area contributed by atoms with Crippen molar-refractivity contribution in [1.29, 1.82) is 0 Å². The Morgan fingerprint density at radius 2 is 1.90 bits per heavy atom. The van der Waals surface area contributed by atoms with E-state index in [9.17, 15) is 4.79 Å². The molecule has 21 heavy (non-hydrogen) atoms. The van der Waals surface area contributed by atoms with Crippen LogP contribution in [0.1, 0.15) is 33.1 Å². The van der Waals surface area contributed by atoms with Gasteiger partial charge in [0.15, 0.2) is 0 Å². The van der Waals surface area contributed by atoms with Gasteiger partial charge in [0.2, 0.25) is 0 Å². The van der Waals surface area contributed by atoms with Gasteiger partial charge in [-0.15, -0.1) is 0 Å². The lowest BCUT2D eigenvalue weighted by molar-refractivity contribution is 0.0951. The number of nitrogens with two attached hydrogens (primary N) is 1. The van der Waals surface area contributed by atoms with Crippen LogP contribution >= 0.6 is 0 Å². The van der Waals surface area contributed by atoms with E-state index >= 15 is 0 Å². The van der Waals surface area contributed by atoms with Gasteiger partial charge in [-0.05, 0) is 28.8 Å². The summed E-state index contributed by atoms with van der Waals surface area (Å²) in [4.78, 5) is 12.2. The highest BCUT2D eigenvalue weighted by atomic mass is 16.5. The summed E-state index contributed by atoms with van der Waals surface area (Å²) in [7, 11) is 0. The third kappa shape index (κ3) is 3.12. The Morgan fingerprint density at radius 1 is 1.14 bits per heavy atom. The van der Waals surface area contributed by atoms with Gasteiger partial charge in [-0.2, -0.15) is 0 Å². The van der Waals surface area contributed by atoms with Gasteiger partial charge in [0.05, 0.1) is 13.2 Å². The van der Waals surface area contributed by atoms with Crippen LogP contribution in [0.4, 0.5) is 0 Å². The average molecular weight is 282 g/mol. The number of hydrogen-bond acceptors (Lipinski definition) is 3. The fourth-order valence-electron chi connectivity index (χ4n) is 2.44. The second-order valence-corrected chi connectivity index (χ2v) is 5.20. The normalized spacial score (nSPS) is 14.5. The number of benzene rings is 2. The molecule has 1 atom stereocenters. The summed E-state index contributed by atoms with van der Waals surface area (Å²) in [6.07, 6.45) is 0. The largest absolute Gasteiger partial charge is 0.372 e.